The highest BCUT2D eigenvalue weighted by Gasteiger charge is 2.54. The van der Waals surface area contributed by atoms with Crippen molar-refractivity contribution in [2.24, 2.45) is 5.92 Å². The zero-order valence-corrected chi connectivity index (χ0v) is 23.8. The van der Waals surface area contributed by atoms with Crippen LogP contribution >= 0.6 is 0 Å². The van der Waals surface area contributed by atoms with Crippen molar-refractivity contribution in [1.82, 2.24) is 20.9 Å². The van der Waals surface area contributed by atoms with E-state index in [9.17, 15) is 34.2 Å². The lowest BCUT2D eigenvalue weighted by Gasteiger charge is -2.38. The van der Waals surface area contributed by atoms with E-state index in [1.807, 2.05) is 44.2 Å². The number of carbonyl (C=O) groups excluding carboxylic acids is 4. The number of aliphatic carboxylic acids is 1. The fourth-order valence-electron chi connectivity index (χ4n) is 4.48. The Kier molecular flexibility index (Phi) is 10.8. The van der Waals surface area contributed by atoms with Gasteiger partial charge >= 0.3 is 13.1 Å². The number of aliphatic hydroxyl groups is 1. The molecule has 2 heterocycles. The lowest BCUT2D eigenvalue weighted by Crippen LogP contribution is -2.63. The monoisotopic (exact) mass is 582 g/mol. The van der Waals surface area contributed by atoms with Crippen LogP contribution in [0.25, 0.3) is 11.3 Å². The quantitative estimate of drug-likeness (QED) is 0.223. The van der Waals surface area contributed by atoms with E-state index in [4.69, 9.17) is 9.31 Å². The molecule has 0 bridgehead atoms. The predicted molar refractivity (Wildman–Crippen MR) is 151 cm³/mol. The number of rotatable bonds is 12. The second-order valence-corrected chi connectivity index (χ2v) is 10.5. The molecule has 224 valence electrons. The van der Waals surface area contributed by atoms with Gasteiger partial charge < -0.3 is 35.5 Å². The Hall–Kier alpha value is -4.30. The third-order valence-electron chi connectivity index (χ3n) is 6.62. The summed E-state index contributed by atoms with van der Waals surface area (Å²) in [6.07, 6.45) is -2.56. The predicted octanol–water partition coefficient (Wildman–Crippen LogP) is 0.709. The highest BCUT2D eigenvalue weighted by Crippen LogP contribution is 2.30. The number of hydrogen-bond acceptors (Lipinski definition) is 9. The van der Waals surface area contributed by atoms with Gasteiger partial charge in [0.2, 0.25) is 11.8 Å². The van der Waals surface area contributed by atoms with Crippen LogP contribution in [0, 0.1) is 5.92 Å². The maximum Gasteiger partial charge on any atom is 0.552 e. The highest BCUT2D eigenvalue weighted by atomic mass is 16.6. The van der Waals surface area contributed by atoms with Crippen LogP contribution in [0.5, 0.6) is 0 Å². The van der Waals surface area contributed by atoms with Crippen LogP contribution in [0.2, 0.25) is 0 Å². The normalized spacial score (nSPS) is 18.8. The Balaban J connectivity index is 1.82. The van der Waals surface area contributed by atoms with Gasteiger partial charge in [0.25, 0.3) is 11.9 Å². The lowest BCUT2D eigenvalue weighted by molar-refractivity contribution is -0.172. The molecule has 13 nitrogen and oxygen atoms in total. The fourth-order valence-corrected chi connectivity index (χ4v) is 4.48. The van der Waals surface area contributed by atoms with Gasteiger partial charge in [0, 0.05) is 12.6 Å². The molecule has 1 fully saturated rings. The summed E-state index contributed by atoms with van der Waals surface area (Å²) < 4.78 is 11.0. The summed E-state index contributed by atoms with van der Waals surface area (Å²) in [6, 6.07) is 12.6. The Morgan fingerprint density at radius 2 is 1.74 bits per heavy atom. The number of pyridine rings is 1. The molecule has 0 aliphatic carbocycles. The Bertz CT molecular complexity index is 1310. The molecule has 3 amide bonds. The number of carboxylic acid groups (broad SMARTS) is 1. The molecule has 0 saturated carbocycles. The number of amides is 3. The Morgan fingerprint density at radius 3 is 2.33 bits per heavy atom. The summed E-state index contributed by atoms with van der Waals surface area (Å²) in [6.45, 7) is 4.95. The van der Waals surface area contributed by atoms with Gasteiger partial charge in [-0.25, -0.2) is 9.78 Å². The average Bonchev–Trinajstić information content (AvgIpc) is 2.95. The molecule has 1 aliphatic rings. The number of carboxylic acids is 1. The molecular weight excluding hydrogens is 547 g/mol. The van der Waals surface area contributed by atoms with Crippen LogP contribution in [0.3, 0.4) is 0 Å². The van der Waals surface area contributed by atoms with Crippen LogP contribution in [0.15, 0.2) is 48.5 Å². The van der Waals surface area contributed by atoms with Crippen LogP contribution in [-0.2, 0) is 28.5 Å². The SMILES string of the molecule is CNC(=O)C[C@]1(C(=O)O)CC(=O)OB(C(CC(C)C)NC(=O)C(NC(=O)c2cccc(-c3ccccc3)n2)C(C)O)O1. The first-order valence-electron chi connectivity index (χ1n) is 13.5. The van der Waals surface area contributed by atoms with Gasteiger partial charge in [-0.3, -0.25) is 19.2 Å². The van der Waals surface area contributed by atoms with Gasteiger partial charge in [0.05, 0.1) is 30.6 Å². The standard InChI is InChI=1S/C28H35BN4O9/c1-16(2)13-21(29-41-23(36)15-28(42-29,27(39)40)14-22(35)30-4)32-26(38)24(17(3)34)33-25(37)20-12-8-11-19(31-20)18-9-6-5-7-10-18/h5-12,16-17,21,24,34H,13-15H2,1-4H3,(H,30,35)(H,32,38)(H,33,37)(H,39,40)/t17?,21?,24?,28-/m1/s1. The van der Waals surface area contributed by atoms with Crippen molar-refractivity contribution >= 4 is 36.8 Å². The van der Waals surface area contributed by atoms with Crippen molar-refractivity contribution in [3.05, 3.63) is 54.2 Å². The molecule has 3 unspecified atom stereocenters. The molecule has 0 spiro atoms. The summed E-state index contributed by atoms with van der Waals surface area (Å²) in [5.74, 6) is -5.86. The maximum absolute atomic E-state index is 13.4. The first-order chi connectivity index (χ1) is 19.8. The summed E-state index contributed by atoms with van der Waals surface area (Å²) in [5.41, 5.74) is -0.885. The third kappa shape index (κ3) is 8.14. The third-order valence-corrected chi connectivity index (χ3v) is 6.62. The second kappa shape index (κ2) is 14.1. The summed E-state index contributed by atoms with van der Waals surface area (Å²) in [7, 11) is -0.246. The minimum absolute atomic E-state index is 0.0125. The molecule has 2 aromatic rings. The molecule has 1 aromatic carbocycles. The van der Waals surface area contributed by atoms with Crippen molar-refractivity contribution in [3.63, 3.8) is 0 Å². The van der Waals surface area contributed by atoms with E-state index in [1.165, 1.54) is 20.0 Å². The zero-order valence-electron chi connectivity index (χ0n) is 23.8. The zero-order chi connectivity index (χ0) is 31.0. The smallest absolute Gasteiger partial charge is 0.508 e. The lowest BCUT2D eigenvalue weighted by atomic mass is 9.70. The fraction of sp³-hybridized carbons (Fsp3) is 0.429. The number of aliphatic hydroxyl groups excluding tert-OH is 1. The van der Waals surface area contributed by atoms with E-state index in [0.29, 0.717) is 5.69 Å². The van der Waals surface area contributed by atoms with Gasteiger partial charge in [0.15, 0.2) is 5.60 Å². The van der Waals surface area contributed by atoms with Gasteiger partial charge in [-0.1, -0.05) is 50.2 Å². The van der Waals surface area contributed by atoms with Gasteiger partial charge in [-0.05, 0) is 31.4 Å². The molecule has 5 N–H and O–H groups in total. The summed E-state index contributed by atoms with van der Waals surface area (Å²) in [4.78, 5) is 67.6. The van der Waals surface area contributed by atoms with Crippen molar-refractivity contribution in [2.75, 3.05) is 7.05 Å². The number of carbonyl (C=O) groups is 5. The number of benzene rings is 1. The molecule has 0 radical (unpaired) electrons. The molecule has 14 heteroatoms. The topological polar surface area (TPSA) is 193 Å². The summed E-state index contributed by atoms with van der Waals surface area (Å²) >= 11 is 0. The van der Waals surface area contributed by atoms with Crippen molar-refractivity contribution in [3.8, 4) is 11.3 Å². The van der Waals surface area contributed by atoms with E-state index in [0.717, 1.165) is 5.56 Å². The van der Waals surface area contributed by atoms with Gasteiger partial charge in [0.1, 0.15) is 11.7 Å². The molecule has 1 aromatic heterocycles. The second-order valence-electron chi connectivity index (χ2n) is 10.5. The van der Waals surface area contributed by atoms with Crippen LogP contribution in [0.4, 0.5) is 0 Å². The first kappa shape index (κ1) is 32.2. The maximum atomic E-state index is 13.4. The van der Waals surface area contributed by atoms with Gasteiger partial charge in [-0.15, -0.1) is 0 Å². The largest absolute Gasteiger partial charge is 0.552 e. The number of nitrogens with one attached hydrogen (secondary N) is 3. The molecule has 1 saturated heterocycles. The number of nitrogens with zero attached hydrogens (tertiary/aromatic N) is 1. The van der Waals surface area contributed by atoms with E-state index in [-0.39, 0.29) is 18.0 Å². The minimum atomic E-state index is -2.21. The van der Waals surface area contributed by atoms with E-state index in [2.05, 4.69) is 20.9 Å². The Labute approximate surface area is 243 Å². The first-order valence-corrected chi connectivity index (χ1v) is 13.5. The molecule has 1 aliphatic heterocycles. The van der Waals surface area contributed by atoms with Crippen molar-refractivity contribution in [1.29, 1.82) is 0 Å². The van der Waals surface area contributed by atoms with E-state index < -0.39 is 73.3 Å². The molecule has 4 atom stereocenters. The molecular formula is C28H35BN4O9. The molecule has 3 rings (SSSR count). The van der Waals surface area contributed by atoms with Crippen molar-refractivity contribution in [2.45, 2.75) is 63.7 Å². The molecule has 42 heavy (non-hydrogen) atoms. The van der Waals surface area contributed by atoms with E-state index in [1.54, 1.807) is 12.1 Å². The van der Waals surface area contributed by atoms with Gasteiger partial charge in [-0.2, -0.15) is 0 Å². The summed E-state index contributed by atoms with van der Waals surface area (Å²) in [5, 5.41) is 27.7. The average molecular weight is 582 g/mol. The van der Waals surface area contributed by atoms with Crippen molar-refractivity contribution < 1.29 is 43.5 Å². The van der Waals surface area contributed by atoms with Crippen LogP contribution < -0.4 is 16.0 Å². The van der Waals surface area contributed by atoms with E-state index >= 15 is 0 Å². The highest BCUT2D eigenvalue weighted by molar-refractivity contribution is 6.50. The number of hydrogen-bond donors (Lipinski definition) is 5. The minimum Gasteiger partial charge on any atom is -0.508 e. The van der Waals surface area contributed by atoms with Crippen LogP contribution in [0.1, 0.15) is 50.5 Å². The number of aromatic nitrogens is 1. The Morgan fingerprint density at radius 1 is 1.05 bits per heavy atom. The van der Waals surface area contributed by atoms with Crippen LogP contribution in [-0.4, -0.2) is 82.7 Å².